The molecule has 1 N–H and O–H groups in total. The SMILES string of the molecule is N#Cc1cnn(CC2CCCNC2)c1. The molecule has 0 saturated carbocycles. The first-order valence-electron chi connectivity index (χ1n) is 5.02. The van der Waals surface area contributed by atoms with Gasteiger partial charge in [-0.25, -0.2) is 0 Å². The molecular formula is C10H14N4. The molecule has 1 aliphatic heterocycles. The molecule has 1 aromatic heterocycles. The van der Waals surface area contributed by atoms with Gasteiger partial charge in [-0.15, -0.1) is 0 Å². The Hall–Kier alpha value is -1.34. The van der Waals surface area contributed by atoms with Gasteiger partial charge >= 0.3 is 0 Å². The molecule has 1 aliphatic rings. The first kappa shape index (κ1) is 9.22. The highest BCUT2D eigenvalue weighted by atomic mass is 15.3. The zero-order valence-corrected chi connectivity index (χ0v) is 8.11. The van der Waals surface area contributed by atoms with Crippen LogP contribution in [0.3, 0.4) is 0 Å². The highest BCUT2D eigenvalue weighted by Gasteiger charge is 2.13. The highest BCUT2D eigenvalue weighted by molar-refractivity contribution is 5.21. The van der Waals surface area contributed by atoms with Gasteiger partial charge in [0.15, 0.2) is 0 Å². The predicted molar refractivity (Wildman–Crippen MR) is 52.5 cm³/mol. The molecule has 4 nitrogen and oxygen atoms in total. The maximum absolute atomic E-state index is 8.64. The summed E-state index contributed by atoms with van der Waals surface area (Å²) in [4.78, 5) is 0. The van der Waals surface area contributed by atoms with E-state index in [9.17, 15) is 0 Å². The first-order valence-corrected chi connectivity index (χ1v) is 5.02. The van der Waals surface area contributed by atoms with Crippen LogP contribution in [0.1, 0.15) is 18.4 Å². The average molecular weight is 190 g/mol. The lowest BCUT2D eigenvalue weighted by atomic mass is 10.00. The molecule has 2 heterocycles. The van der Waals surface area contributed by atoms with E-state index < -0.39 is 0 Å². The van der Waals surface area contributed by atoms with Gasteiger partial charge in [-0.1, -0.05) is 0 Å². The fourth-order valence-corrected chi connectivity index (χ4v) is 1.87. The van der Waals surface area contributed by atoms with E-state index in [2.05, 4.69) is 16.5 Å². The summed E-state index contributed by atoms with van der Waals surface area (Å²) in [5.74, 6) is 0.662. The highest BCUT2D eigenvalue weighted by Crippen LogP contribution is 2.12. The number of nitrogens with zero attached hydrogens (tertiary/aromatic N) is 3. The molecule has 1 atom stereocenters. The molecular weight excluding hydrogens is 176 g/mol. The van der Waals surface area contributed by atoms with Crippen LogP contribution in [0.25, 0.3) is 0 Å². The van der Waals surface area contributed by atoms with Crippen LogP contribution in [0.5, 0.6) is 0 Å². The summed E-state index contributed by atoms with van der Waals surface area (Å²) in [5.41, 5.74) is 0.647. The summed E-state index contributed by atoms with van der Waals surface area (Å²) in [6.45, 7) is 3.13. The van der Waals surface area contributed by atoms with Gasteiger partial charge in [-0.05, 0) is 31.8 Å². The van der Waals surface area contributed by atoms with Crippen molar-refractivity contribution in [3.63, 3.8) is 0 Å². The van der Waals surface area contributed by atoms with Gasteiger partial charge in [0.25, 0.3) is 0 Å². The van der Waals surface area contributed by atoms with E-state index in [0.29, 0.717) is 11.5 Å². The van der Waals surface area contributed by atoms with Crippen molar-refractivity contribution in [2.75, 3.05) is 13.1 Å². The van der Waals surface area contributed by atoms with Crippen LogP contribution in [0.2, 0.25) is 0 Å². The Balaban J connectivity index is 1.93. The molecule has 0 bridgehead atoms. The van der Waals surface area contributed by atoms with E-state index >= 15 is 0 Å². The van der Waals surface area contributed by atoms with Crippen molar-refractivity contribution < 1.29 is 0 Å². The summed E-state index contributed by atoms with van der Waals surface area (Å²) in [7, 11) is 0. The smallest absolute Gasteiger partial charge is 0.102 e. The lowest BCUT2D eigenvalue weighted by Gasteiger charge is -2.22. The Morgan fingerprint density at radius 1 is 1.71 bits per heavy atom. The van der Waals surface area contributed by atoms with E-state index in [0.717, 1.165) is 19.6 Å². The van der Waals surface area contributed by atoms with Crippen LogP contribution in [-0.4, -0.2) is 22.9 Å². The molecule has 1 fully saturated rings. The number of hydrogen-bond donors (Lipinski definition) is 1. The largest absolute Gasteiger partial charge is 0.316 e. The Morgan fingerprint density at radius 2 is 2.64 bits per heavy atom. The fraction of sp³-hybridized carbons (Fsp3) is 0.600. The van der Waals surface area contributed by atoms with Gasteiger partial charge in [0, 0.05) is 12.7 Å². The standard InChI is InChI=1S/C10H14N4/c11-4-10-6-13-14(8-10)7-9-2-1-3-12-5-9/h6,8-9,12H,1-3,5,7H2. The molecule has 1 unspecified atom stereocenters. The molecule has 4 heteroatoms. The first-order chi connectivity index (χ1) is 6.88. The number of rotatable bonds is 2. The van der Waals surface area contributed by atoms with Crippen LogP contribution < -0.4 is 5.32 Å². The molecule has 0 aliphatic carbocycles. The van der Waals surface area contributed by atoms with Crippen molar-refractivity contribution in [3.05, 3.63) is 18.0 Å². The third kappa shape index (κ3) is 2.12. The molecule has 0 radical (unpaired) electrons. The monoisotopic (exact) mass is 190 g/mol. The zero-order valence-electron chi connectivity index (χ0n) is 8.11. The van der Waals surface area contributed by atoms with Gasteiger partial charge in [0.2, 0.25) is 0 Å². The number of piperidine rings is 1. The Bertz CT molecular complexity index is 330. The van der Waals surface area contributed by atoms with Crippen molar-refractivity contribution in [1.82, 2.24) is 15.1 Å². The number of hydrogen-bond acceptors (Lipinski definition) is 3. The number of aromatic nitrogens is 2. The normalized spacial score (nSPS) is 21.8. The van der Waals surface area contributed by atoms with Gasteiger partial charge < -0.3 is 5.32 Å². The minimum Gasteiger partial charge on any atom is -0.316 e. The van der Waals surface area contributed by atoms with E-state index in [1.54, 1.807) is 6.20 Å². The zero-order chi connectivity index (χ0) is 9.80. The quantitative estimate of drug-likeness (QED) is 0.749. The van der Waals surface area contributed by atoms with Crippen molar-refractivity contribution in [3.8, 4) is 6.07 Å². The van der Waals surface area contributed by atoms with Gasteiger partial charge in [0.1, 0.15) is 6.07 Å². The van der Waals surface area contributed by atoms with Crippen molar-refractivity contribution in [2.24, 2.45) is 5.92 Å². The molecule has 0 aromatic carbocycles. The molecule has 2 rings (SSSR count). The second-order valence-corrected chi connectivity index (χ2v) is 3.78. The second kappa shape index (κ2) is 4.25. The van der Waals surface area contributed by atoms with Crippen LogP contribution in [-0.2, 0) is 6.54 Å². The Labute approximate surface area is 83.5 Å². The van der Waals surface area contributed by atoms with E-state index in [4.69, 9.17) is 5.26 Å². The van der Waals surface area contributed by atoms with Crippen LogP contribution in [0, 0.1) is 17.2 Å². The minimum absolute atomic E-state index is 0.647. The second-order valence-electron chi connectivity index (χ2n) is 3.78. The maximum atomic E-state index is 8.64. The van der Waals surface area contributed by atoms with E-state index in [1.165, 1.54) is 12.8 Å². The lowest BCUT2D eigenvalue weighted by molar-refractivity contribution is 0.325. The van der Waals surface area contributed by atoms with Crippen LogP contribution in [0.4, 0.5) is 0 Å². The maximum Gasteiger partial charge on any atom is 0.102 e. The summed E-state index contributed by atoms with van der Waals surface area (Å²) in [6, 6.07) is 2.09. The predicted octanol–water partition coefficient (Wildman–Crippen LogP) is 0.754. The molecule has 1 saturated heterocycles. The fourth-order valence-electron chi connectivity index (χ4n) is 1.87. The summed E-state index contributed by atoms with van der Waals surface area (Å²) >= 11 is 0. The third-order valence-electron chi connectivity index (χ3n) is 2.61. The van der Waals surface area contributed by atoms with Crippen molar-refractivity contribution in [1.29, 1.82) is 5.26 Å². The van der Waals surface area contributed by atoms with E-state index in [1.807, 2.05) is 10.9 Å². The van der Waals surface area contributed by atoms with Gasteiger partial charge in [-0.2, -0.15) is 10.4 Å². The topological polar surface area (TPSA) is 53.6 Å². The van der Waals surface area contributed by atoms with Crippen LogP contribution >= 0.6 is 0 Å². The summed E-state index contributed by atoms with van der Waals surface area (Å²) < 4.78 is 1.87. The van der Waals surface area contributed by atoms with E-state index in [-0.39, 0.29) is 0 Å². The number of nitrogens with one attached hydrogen (secondary N) is 1. The Kier molecular flexibility index (Phi) is 2.80. The van der Waals surface area contributed by atoms with Crippen molar-refractivity contribution >= 4 is 0 Å². The Morgan fingerprint density at radius 3 is 3.29 bits per heavy atom. The summed E-state index contributed by atoms with van der Waals surface area (Å²) in [5, 5.41) is 16.2. The molecule has 0 spiro atoms. The molecule has 74 valence electrons. The van der Waals surface area contributed by atoms with Crippen molar-refractivity contribution in [2.45, 2.75) is 19.4 Å². The lowest BCUT2D eigenvalue weighted by Crippen LogP contribution is -2.32. The average Bonchev–Trinajstić information content (AvgIpc) is 2.67. The molecule has 1 aromatic rings. The van der Waals surface area contributed by atoms with Gasteiger partial charge in [0.05, 0.1) is 11.8 Å². The minimum atomic E-state index is 0.647. The number of nitriles is 1. The summed E-state index contributed by atoms with van der Waals surface area (Å²) in [6.07, 6.45) is 5.94. The van der Waals surface area contributed by atoms with Gasteiger partial charge in [-0.3, -0.25) is 4.68 Å². The third-order valence-corrected chi connectivity index (χ3v) is 2.61. The molecule has 14 heavy (non-hydrogen) atoms. The molecule has 0 amide bonds. The van der Waals surface area contributed by atoms with Crippen LogP contribution in [0.15, 0.2) is 12.4 Å².